The Balaban J connectivity index is 1.76. The van der Waals surface area contributed by atoms with Crippen molar-refractivity contribution in [3.63, 3.8) is 0 Å². The number of sulfonamides is 1. The second-order valence-corrected chi connectivity index (χ2v) is 8.96. The van der Waals surface area contributed by atoms with Crippen LogP contribution in [-0.2, 0) is 10.0 Å². The molecule has 0 spiro atoms. The van der Waals surface area contributed by atoms with Gasteiger partial charge in [0.25, 0.3) is 5.69 Å². The summed E-state index contributed by atoms with van der Waals surface area (Å²) in [6.45, 7) is 0.874. The molecule has 2 aromatic carbocycles. The quantitative estimate of drug-likeness (QED) is 0.601. The van der Waals surface area contributed by atoms with Crippen molar-refractivity contribution < 1.29 is 13.3 Å². The Morgan fingerprint density at radius 2 is 1.72 bits per heavy atom. The Hall–Kier alpha value is -1.90. The van der Waals surface area contributed by atoms with Crippen molar-refractivity contribution in [1.29, 1.82) is 0 Å². The van der Waals surface area contributed by atoms with E-state index in [1.807, 2.05) is 18.2 Å². The molecule has 1 atom stereocenters. The third-order valence-corrected chi connectivity index (χ3v) is 7.40. The lowest BCUT2D eigenvalue weighted by Crippen LogP contribution is -2.33. The van der Waals surface area contributed by atoms with Crippen LogP contribution in [0.4, 0.5) is 5.69 Å². The van der Waals surface area contributed by atoms with E-state index in [0.29, 0.717) is 18.8 Å². The van der Waals surface area contributed by atoms with E-state index in [1.54, 1.807) is 11.8 Å². The van der Waals surface area contributed by atoms with E-state index in [-0.39, 0.29) is 15.8 Å². The highest BCUT2D eigenvalue weighted by Gasteiger charge is 2.28. The van der Waals surface area contributed by atoms with E-state index in [4.69, 9.17) is 0 Å². The van der Waals surface area contributed by atoms with E-state index in [1.165, 1.54) is 34.1 Å². The first-order chi connectivity index (χ1) is 12.0. The van der Waals surface area contributed by atoms with Gasteiger partial charge in [-0.1, -0.05) is 30.3 Å². The molecule has 0 aliphatic carbocycles. The standard InChI is InChI=1S/C17H18N2O4S2/c20-19(21)15-6-8-16(9-7-15)25(22,23)18-11-10-17(24-13-12-18)14-4-2-1-3-5-14/h1-9,17H,10-13H2. The topological polar surface area (TPSA) is 80.5 Å². The molecule has 1 fully saturated rings. The maximum atomic E-state index is 12.8. The number of non-ortho nitro benzene ring substituents is 1. The van der Waals surface area contributed by atoms with Crippen LogP contribution in [-0.4, -0.2) is 36.5 Å². The highest BCUT2D eigenvalue weighted by molar-refractivity contribution is 7.99. The first kappa shape index (κ1) is 17.9. The number of thioether (sulfide) groups is 1. The average molecular weight is 378 g/mol. The summed E-state index contributed by atoms with van der Waals surface area (Å²) in [4.78, 5) is 10.3. The molecule has 6 nitrogen and oxygen atoms in total. The van der Waals surface area contributed by atoms with E-state index < -0.39 is 14.9 Å². The number of benzene rings is 2. The van der Waals surface area contributed by atoms with Crippen molar-refractivity contribution in [3.8, 4) is 0 Å². The molecule has 0 bridgehead atoms. The van der Waals surface area contributed by atoms with Crippen molar-refractivity contribution in [3.05, 3.63) is 70.3 Å². The number of rotatable bonds is 4. The van der Waals surface area contributed by atoms with Crippen molar-refractivity contribution in [2.24, 2.45) is 0 Å². The molecule has 0 radical (unpaired) electrons. The number of hydrogen-bond acceptors (Lipinski definition) is 5. The summed E-state index contributed by atoms with van der Waals surface area (Å²) in [5, 5.41) is 11.0. The second-order valence-electron chi connectivity index (χ2n) is 5.71. The predicted molar refractivity (Wildman–Crippen MR) is 98.1 cm³/mol. The van der Waals surface area contributed by atoms with Crippen LogP contribution < -0.4 is 0 Å². The van der Waals surface area contributed by atoms with Crippen LogP contribution in [0.3, 0.4) is 0 Å². The molecule has 8 heteroatoms. The molecule has 3 rings (SSSR count). The van der Waals surface area contributed by atoms with E-state index >= 15 is 0 Å². The molecule has 0 saturated carbocycles. The molecule has 132 valence electrons. The van der Waals surface area contributed by atoms with Crippen molar-refractivity contribution in [1.82, 2.24) is 4.31 Å². The van der Waals surface area contributed by atoms with Crippen LogP contribution in [0.15, 0.2) is 59.5 Å². The van der Waals surface area contributed by atoms with Crippen molar-refractivity contribution >= 4 is 27.5 Å². The van der Waals surface area contributed by atoms with Crippen LogP contribution >= 0.6 is 11.8 Å². The molecular weight excluding hydrogens is 360 g/mol. The molecule has 1 aliphatic heterocycles. The van der Waals surface area contributed by atoms with Gasteiger partial charge in [0, 0.05) is 36.2 Å². The van der Waals surface area contributed by atoms with Crippen molar-refractivity contribution in [2.75, 3.05) is 18.8 Å². The summed E-state index contributed by atoms with van der Waals surface area (Å²) in [5.41, 5.74) is 1.09. The van der Waals surface area contributed by atoms with Crippen LogP contribution in [0.2, 0.25) is 0 Å². The van der Waals surface area contributed by atoms with Crippen LogP contribution in [0.25, 0.3) is 0 Å². The molecule has 0 N–H and O–H groups in total. The number of nitro groups is 1. The van der Waals surface area contributed by atoms with E-state index in [0.717, 1.165) is 6.42 Å². The van der Waals surface area contributed by atoms with Crippen LogP contribution in [0.1, 0.15) is 17.2 Å². The molecule has 1 aliphatic rings. The van der Waals surface area contributed by atoms with Gasteiger partial charge in [0.2, 0.25) is 10.0 Å². The fourth-order valence-electron chi connectivity index (χ4n) is 2.81. The molecule has 0 amide bonds. The SMILES string of the molecule is O=[N+]([O-])c1ccc(S(=O)(=O)N2CCSC(c3ccccc3)CC2)cc1. The van der Waals surface area contributed by atoms with Gasteiger partial charge >= 0.3 is 0 Å². The molecule has 2 aromatic rings. The van der Waals surface area contributed by atoms with Gasteiger partial charge in [-0.2, -0.15) is 16.1 Å². The zero-order valence-electron chi connectivity index (χ0n) is 13.4. The Labute approximate surface area is 151 Å². The minimum atomic E-state index is -3.64. The summed E-state index contributed by atoms with van der Waals surface area (Å²) >= 11 is 1.76. The van der Waals surface area contributed by atoms with E-state index in [2.05, 4.69) is 12.1 Å². The Bertz CT molecular complexity index is 839. The lowest BCUT2D eigenvalue weighted by atomic mass is 10.1. The monoisotopic (exact) mass is 378 g/mol. The number of nitro benzene ring substituents is 1. The van der Waals surface area contributed by atoms with Gasteiger partial charge in [-0.15, -0.1) is 0 Å². The predicted octanol–water partition coefficient (Wildman–Crippen LogP) is 3.46. The number of nitrogens with zero attached hydrogens (tertiary/aromatic N) is 2. The fraction of sp³-hybridized carbons (Fsp3) is 0.294. The summed E-state index contributed by atoms with van der Waals surface area (Å²) in [5.74, 6) is 0.714. The van der Waals surface area contributed by atoms with Gasteiger partial charge in [0.05, 0.1) is 9.82 Å². The molecule has 1 heterocycles. The summed E-state index contributed by atoms with van der Waals surface area (Å²) < 4.78 is 27.1. The molecule has 25 heavy (non-hydrogen) atoms. The Kier molecular flexibility index (Phi) is 5.41. The van der Waals surface area contributed by atoms with Gasteiger partial charge in [-0.05, 0) is 24.1 Å². The first-order valence-electron chi connectivity index (χ1n) is 7.89. The zero-order chi connectivity index (χ0) is 17.9. The lowest BCUT2D eigenvalue weighted by Gasteiger charge is -2.20. The third-order valence-electron chi connectivity index (χ3n) is 4.16. The average Bonchev–Trinajstić information content (AvgIpc) is 2.89. The van der Waals surface area contributed by atoms with Gasteiger partial charge in [0.15, 0.2) is 0 Å². The first-order valence-corrected chi connectivity index (χ1v) is 10.4. The highest BCUT2D eigenvalue weighted by atomic mass is 32.2. The van der Waals surface area contributed by atoms with Gasteiger partial charge in [0.1, 0.15) is 0 Å². The minimum absolute atomic E-state index is 0.0984. The summed E-state index contributed by atoms with van der Waals surface area (Å²) in [6, 6.07) is 15.2. The summed E-state index contributed by atoms with van der Waals surface area (Å²) in [7, 11) is -3.64. The molecule has 1 unspecified atom stereocenters. The van der Waals surface area contributed by atoms with Gasteiger partial charge in [-0.3, -0.25) is 10.1 Å². The Morgan fingerprint density at radius 3 is 2.36 bits per heavy atom. The molecular formula is C17H18N2O4S2. The van der Waals surface area contributed by atoms with Gasteiger partial charge < -0.3 is 0 Å². The second kappa shape index (κ2) is 7.55. The smallest absolute Gasteiger partial charge is 0.258 e. The highest BCUT2D eigenvalue weighted by Crippen LogP contribution is 2.35. The lowest BCUT2D eigenvalue weighted by molar-refractivity contribution is -0.384. The maximum Gasteiger partial charge on any atom is 0.269 e. The van der Waals surface area contributed by atoms with Crippen LogP contribution in [0.5, 0.6) is 0 Å². The third kappa shape index (κ3) is 4.02. The number of hydrogen-bond donors (Lipinski definition) is 0. The maximum absolute atomic E-state index is 12.8. The van der Waals surface area contributed by atoms with Crippen molar-refractivity contribution in [2.45, 2.75) is 16.6 Å². The normalized spacial score (nSPS) is 19.3. The zero-order valence-corrected chi connectivity index (χ0v) is 15.1. The van der Waals surface area contributed by atoms with Gasteiger partial charge in [-0.25, -0.2) is 8.42 Å². The largest absolute Gasteiger partial charge is 0.269 e. The minimum Gasteiger partial charge on any atom is -0.258 e. The summed E-state index contributed by atoms with van der Waals surface area (Å²) in [6.07, 6.45) is 0.737. The Morgan fingerprint density at radius 1 is 1.04 bits per heavy atom. The molecule has 0 aromatic heterocycles. The van der Waals surface area contributed by atoms with Crippen LogP contribution in [0, 0.1) is 10.1 Å². The van der Waals surface area contributed by atoms with E-state index in [9.17, 15) is 18.5 Å². The molecule has 1 saturated heterocycles. The fourth-order valence-corrected chi connectivity index (χ4v) is 5.62.